The van der Waals surface area contributed by atoms with Gasteiger partial charge < -0.3 is 10.1 Å². The minimum Gasteiger partial charge on any atom is -0.464 e. The summed E-state index contributed by atoms with van der Waals surface area (Å²) >= 11 is 6.04. The predicted molar refractivity (Wildman–Crippen MR) is 72.2 cm³/mol. The minimum absolute atomic E-state index is 0.208. The van der Waals surface area contributed by atoms with E-state index in [1.165, 1.54) is 19.4 Å². The van der Waals surface area contributed by atoms with Crippen LogP contribution >= 0.6 is 11.6 Å². The number of hydrogen-bond donors (Lipinski definition) is 1. The third kappa shape index (κ3) is 3.42. The Morgan fingerprint density at radius 3 is 2.89 bits per heavy atom. The Hall–Kier alpha value is -2.14. The van der Waals surface area contributed by atoms with Gasteiger partial charge in [-0.3, -0.25) is 0 Å². The van der Waals surface area contributed by atoms with Crippen LogP contribution in [-0.2, 0) is 11.3 Å². The van der Waals surface area contributed by atoms with Gasteiger partial charge in [-0.05, 0) is 17.7 Å². The lowest BCUT2D eigenvalue weighted by Crippen LogP contribution is -2.09. The highest BCUT2D eigenvalue weighted by Gasteiger charge is 2.08. The first-order valence-corrected chi connectivity index (χ1v) is 5.97. The number of esters is 1. The first-order chi connectivity index (χ1) is 9.20. The number of aromatic nitrogens is 2. The molecule has 0 saturated heterocycles. The second kappa shape index (κ2) is 6.15. The summed E-state index contributed by atoms with van der Waals surface area (Å²) < 4.78 is 4.60. The van der Waals surface area contributed by atoms with E-state index in [1.807, 2.05) is 24.3 Å². The molecule has 19 heavy (non-hydrogen) atoms. The molecule has 0 radical (unpaired) electrons. The van der Waals surface area contributed by atoms with Gasteiger partial charge in [0.1, 0.15) is 0 Å². The van der Waals surface area contributed by atoms with Crippen LogP contribution in [0.4, 0.5) is 5.95 Å². The molecule has 0 spiro atoms. The lowest BCUT2D eigenvalue weighted by atomic mass is 10.2. The number of ether oxygens (including phenoxy) is 1. The largest absolute Gasteiger partial charge is 0.464 e. The number of carbonyl (C=O) groups is 1. The number of nitrogens with one attached hydrogen (secondary N) is 1. The Bertz CT molecular complexity index is 590. The quantitative estimate of drug-likeness (QED) is 0.870. The molecule has 0 amide bonds. The van der Waals surface area contributed by atoms with Gasteiger partial charge in [-0.2, -0.15) is 0 Å². The highest BCUT2D eigenvalue weighted by atomic mass is 35.5. The van der Waals surface area contributed by atoms with Crippen LogP contribution in [0.1, 0.15) is 16.1 Å². The standard InChI is InChI=1S/C13H12ClN3O2/c1-19-12(18)11-6-7-15-13(17-11)16-8-9-4-2-3-5-10(9)14/h2-7H,8H2,1H3,(H,15,16,17). The molecule has 0 aliphatic rings. The zero-order valence-electron chi connectivity index (χ0n) is 10.3. The molecule has 0 aliphatic carbocycles. The van der Waals surface area contributed by atoms with Crippen LogP contribution in [0.15, 0.2) is 36.5 Å². The molecule has 1 aromatic heterocycles. The predicted octanol–water partition coefficient (Wildman–Crippen LogP) is 2.53. The van der Waals surface area contributed by atoms with Gasteiger partial charge in [-0.15, -0.1) is 0 Å². The molecule has 0 unspecified atom stereocenters. The van der Waals surface area contributed by atoms with E-state index in [4.69, 9.17) is 11.6 Å². The first-order valence-electron chi connectivity index (χ1n) is 5.59. The van der Waals surface area contributed by atoms with Gasteiger partial charge in [0.25, 0.3) is 0 Å². The van der Waals surface area contributed by atoms with Crippen molar-refractivity contribution in [3.05, 3.63) is 52.8 Å². The zero-order valence-corrected chi connectivity index (χ0v) is 11.0. The number of rotatable bonds is 4. The molecule has 1 aromatic carbocycles. The zero-order chi connectivity index (χ0) is 13.7. The fraction of sp³-hybridized carbons (Fsp3) is 0.154. The Morgan fingerprint density at radius 1 is 1.37 bits per heavy atom. The third-order valence-electron chi connectivity index (χ3n) is 2.44. The second-order valence-corrected chi connectivity index (χ2v) is 4.11. The van der Waals surface area contributed by atoms with Gasteiger partial charge in [0, 0.05) is 17.8 Å². The van der Waals surface area contributed by atoms with Crippen LogP contribution in [-0.4, -0.2) is 23.0 Å². The molecule has 0 aliphatic heterocycles. The number of carbonyl (C=O) groups excluding carboxylic acids is 1. The average Bonchev–Trinajstić information content (AvgIpc) is 2.46. The Labute approximate surface area is 115 Å². The van der Waals surface area contributed by atoms with Gasteiger partial charge >= 0.3 is 5.97 Å². The fourth-order valence-electron chi connectivity index (χ4n) is 1.48. The Morgan fingerprint density at radius 2 is 2.16 bits per heavy atom. The van der Waals surface area contributed by atoms with Gasteiger partial charge in [0.2, 0.25) is 5.95 Å². The van der Waals surface area contributed by atoms with Crippen molar-refractivity contribution in [1.82, 2.24) is 9.97 Å². The summed E-state index contributed by atoms with van der Waals surface area (Å²) in [6.45, 7) is 0.476. The fourth-order valence-corrected chi connectivity index (χ4v) is 1.68. The van der Waals surface area contributed by atoms with E-state index in [9.17, 15) is 4.79 Å². The number of anilines is 1. The summed E-state index contributed by atoms with van der Waals surface area (Å²) in [5.74, 6) is -0.147. The molecule has 2 aromatic rings. The van der Waals surface area contributed by atoms with Gasteiger partial charge in [-0.1, -0.05) is 29.8 Å². The van der Waals surface area contributed by atoms with Crippen molar-refractivity contribution >= 4 is 23.5 Å². The summed E-state index contributed by atoms with van der Waals surface area (Å²) in [4.78, 5) is 19.4. The normalized spacial score (nSPS) is 10.0. The van der Waals surface area contributed by atoms with Gasteiger partial charge in [-0.25, -0.2) is 14.8 Å². The molecule has 0 saturated carbocycles. The van der Waals surface area contributed by atoms with Crippen molar-refractivity contribution in [2.24, 2.45) is 0 Å². The van der Waals surface area contributed by atoms with Crippen molar-refractivity contribution in [2.45, 2.75) is 6.54 Å². The van der Waals surface area contributed by atoms with Crippen molar-refractivity contribution in [3.8, 4) is 0 Å². The Balaban J connectivity index is 2.08. The maximum absolute atomic E-state index is 11.3. The minimum atomic E-state index is -0.497. The summed E-state index contributed by atoms with van der Waals surface area (Å²) in [5.41, 5.74) is 1.13. The molecule has 2 rings (SSSR count). The number of benzene rings is 1. The van der Waals surface area contributed by atoms with E-state index in [1.54, 1.807) is 0 Å². The maximum Gasteiger partial charge on any atom is 0.356 e. The average molecular weight is 278 g/mol. The smallest absolute Gasteiger partial charge is 0.356 e. The van der Waals surface area contributed by atoms with Crippen LogP contribution in [0.3, 0.4) is 0 Å². The lowest BCUT2D eigenvalue weighted by molar-refractivity contribution is 0.0594. The summed E-state index contributed by atoms with van der Waals surface area (Å²) in [6.07, 6.45) is 1.49. The van der Waals surface area contributed by atoms with E-state index < -0.39 is 5.97 Å². The van der Waals surface area contributed by atoms with E-state index in [-0.39, 0.29) is 5.69 Å². The summed E-state index contributed by atoms with van der Waals surface area (Å²) in [5, 5.41) is 3.67. The van der Waals surface area contributed by atoms with Gasteiger partial charge in [0.15, 0.2) is 5.69 Å². The molecular weight excluding hydrogens is 266 g/mol. The van der Waals surface area contributed by atoms with E-state index >= 15 is 0 Å². The molecule has 0 fully saturated rings. The molecule has 0 atom stereocenters. The van der Waals surface area contributed by atoms with Crippen LogP contribution in [0, 0.1) is 0 Å². The number of nitrogens with zero attached hydrogens (tertiary/aromatic N) is 2. The third-order valence-corrected chi connectivity index (χ3v) is 2.81. The molecule has 6 heteroatoms. The SMILES string of the molecule is COC(=O)c1ccnc(NCc2ccccc2Cl)n1. The lowest BCUT2D eigenvalue weighted by Gasteiger charge is -2.07. The van der Waals surface area contributed by atoms with Crippen molar-refractivity contribution < 1.29 is 9.53 Å². The summed E-state index contributed by atoms with van der Waals surface area (Å²) in [6, 6.07) is 8.96. The van der Waals surface area contributed by atoms with Crippen LogP contribution in [0.2, 0.25) is 5.02 Å². The summed E-state index contributed by atoms with van der Waals surface area (Å²) in [7, 11) is 1.31. The van der Waals surface area contributed by atoms with Crippen molar-refractivity contribution in [2.75, 3.05) is 12.4 Å². The number of halogens is 1. The molecule has 1 N–H and O–H groups in total. The maximum atomic E-state index is 11.3. The van der Waals surface area contributed by atoms with E-state index in [0.717, 1.165) is 5.56 Å². The van der Waals surface area contributed by atoms with E-state index in [0.29, 0.717) is 17.5 Å². The topological polar surface area (TPSA) is 64.1 Å². The van der Waals surface area contributed by atoms with Crippen LogP contribution in [0.5, 0.6) is 0 Å². The molecule has 1 heterocycles. The first kappa shape index (κ1) is 13.3. The molecule has 0 bridgehead atoms. The molecule has 5 nitrogen and oxygen atoms in total. The highest BCUT2D eigenvalue weighted by molar-refractivity contribution is 6.31. The van der Waals surface area contributed by atoms with E-state index in [2.05, 4.69) is 20.0 Å². The molecule has 98 valence electrons. The van der Waals surface area contributed by atoms with Crippen molar-refractivity contribution in [1.29, 1.82) is 0 Å². The monoisotopic (exact) mass is 277 g/mol. The van der Waals surface area contributed by atoms with Crippen molar-refractivity contribution in [3.63, 3.8) is 0 Å². The highest BCUT2D eigenvalue weighted by Crippen LogP contribution is 2.15. The Kier molecular flexibility index (Phi) is 4.30. The molecular formula is C13H12ClN3O2. The number of methoxy groups -OCH3 is 1. The van der Waals surface area contributed by atoms with Crippen LogP contribution in [0.25, 0.3) is 0 Å². The van der Waals surface area contributed by atoms with Gasteiger partial charge in [0.05, 0.1) is 7.11 Å². The number of hydrogen-bond acceptors (Lipinski definition) is 5. The second-order valence-electron chi connectivity index (χ2n) is 3.70. The van der Waals surface area contributed by atoms with Crippen LogP contribution < -0.4 is 5.32 Å².